The number of ether oxygens (including phenoxy) is 1. The van der Waals surface area contributed by atoms with E-state index >= 15 is 0 Å². The van der Waals surface area contributed by atoms with Crippen LogP contribution >= 0.6 is 11.6 Å². The lowest BCUT2D eigenvalue weighted by atomic mass is 9.96. The zero-order valence-electron chi connectivity index (χ0n) is 19.2. The number of aliphatic hydroxyl groups excluding tert-OH is 1. The lowest BCUT2D eigenvalue weighted by molar-refractivity contribution is 0.277. The Bertz CT molecular complexity index is 1330. The van der Waals surface area contributed by atoms with Crippen molar-refractivity contribution >= 4 is 23.3 Å². The number of aryl methyl sites for hydroxylation is 1. The highest BCUT2D eigenvalue weighted by molar-refractivity contribution is 6.30. The number of pyridine rings is 1. The number of nitrogens with zero attached hydrogens (tertiary/aromatic N) is 4. The van der Waals surface area contributed by atoms with Crippen molar-refractivity contribution < 1.29 is 9.84 Å². The largest absolute Gasteiger partial charge is 0.443 e. The van der Waals surface area contributed by atoms with Gasteiger partial charge in [0.15, 0.2) is 5.90 Å². The van der Waals surface area contributed by atoms with E-state index in [0.29, 0.717) is 53.7 Å². The minimum absolute atomic E-state index is 0.102. The predicted octanol–water partition coefficient (Wildman–Crippen LogP) is 3.20. The van der Waals surface area contributed by atoms with Crippen LogP contribution in [0.4, 0.5) is 5.82 Å². The van der Waals surface area contributed by atoms with Crippen LogP contribution in [0.3, 0.4) is 0 Å². The second kappa shape index (κ2) is 10.4. The number of halogens is 1. The molecule has 0 radical (unpaired) electrons. The van der Waals surface area contributed by atoms with Gasteiger partial charge in [0.1, 0.15) is 11.6 Å². The summed E-state index contributed by atoms with van der Waals surface area (Å²) in [7, 11) is 1.60. The number of aromatic nitrogens is 3. The monoisotopic (exact) mass is 482 g/mol. The first kappa shape index (κ1) is 23.9. The topological polar surface area (TPSA) is 98.7 Å². The van der Waals surface area contributed by atoms with Gasteiger partial charge in [-0.3, -0.25) is 18.9 Å². The highest BCUT2D eigenvalue weighted by Gasteiger charge is 2.28. The Hall–Kier alpha value is -3.23. The minimum Gasteiger partial charge on any atom is -0.443 e. The van der Waals surface area contributed by atoms with Gasteiger partial charge < -0.3 is 9.84 Å². The summed E-state index contributed by atoms with van der Waals surface area (Å²) in [6.45, 7) is 2.03. The Balaban J connectivity index is 1.79. The van der Waals surface area contributed by atoms with Gasteiger partial charge in [0.05, 0.1) is 10.6 Å². The third-order valence-corrected chi connectivity index (χ3v) is 6.14. The third-order valence-electron chi connectivity index (χ3n) is 5.91. The van der Waals surface area contributed by atoms with Gasteiger partial charge in [-0.25, -0.2) is 4.79 Å². The minimum atomic E-state index is -0.464. The quantitative estimate of drug-likeness (QED) is 0.581. The molecule has 1 atom stereocenters. The summed E-state index contributed by atoms with van der Waals surface area (Å²) in [6, 6.07) is 11.3. The zero-order chi connectivity index (χ0) is 24.2. The van der Waals surface area contributed by atoms with E-state index < -0.39 is 5.69 Å². The van der Waals surface area contributed by atoms with Crippen LogP contribution in [-0.4, -0.2) is 31.7 Å². The number of hydrogen-bond donors (Lipinski definition) is 1. The standard InChI is InChI=1S/C25H27ClN4O4/c1-16-5-3-6-20(13-16)34-23-17(14-19-9-8-18(26)15-27-19)7-10-21-22(28-23)29(2)25(33)30(24(21)32)11-4-12-31/h3,5-6,8-9,13,15,17,31H,4,7,10-12,14H2,1-2H3. The van der Waals surface area contributed by atoms with Gasteiger partial charge in [-0.15, -0.1) is 0 Å². The first-order chi connectivity index (χ1) is 16.4. The summed E-state index contributed by atoms with van der Waals surface area (Å²) in [5.74, 6) is 1.22. The van der Waals surface area contributed by atoms with Crippen LogP contribution < -0.4 is 16.0 Å². The number of aliphatic hydroxyl groups is 1. The SMILES string of the molecule is Cc1cccc(OC2=Nc3c(c(=O)n(CCCO)c(=O)n3C)CCC2Cc2ccc(Cl)cn2)c1. The smallest absolute Gasteiger partial charge is 0.332 e. The summed E-state index contributed by atoms with van der Waals surface area (Å²) in [5, 5.41) is 9.73. The average Bonchev–Trinajstić information content (AvgIpc) is 2.99. The average molecular weight is 483 g/mol. The Morgan fingerprint density at radius 1 is 1.24 bits per heavy atom. The molecule has 34 heavy (non-hydrogen) atoms. The molecule has 1 aromatic carbocycles. The van der Waals surface area contributed by atoms with Gasteiger partial charge in [-0.05, 0) is 56.0 Å². The van der Waals surface area contributed by atoms with Gasteiger partial charge in [0.25, 0.3) is 5.56 Å². The Morgan fingerprint density at radius 2 is 2.06 bits per heavy atom. The molecule has 1 aliphatic rings. The molecule has 4 rings (SSSR count). The molecule has 0 saturated heterocycles. The highest BCUT2D eigenvalue weighted by Crippen LogP contribution is 2.28. The zero-order valence-corrected chi connectivity index (χ0v) is 20.0. The Labute approximate surface area is 202 Å². The molecule has 0 aliphatic carbocycles. The van der Waals surface area contributed by atoms with Gasteiger partial charge in [-0.1, -0.05) is 23.7 Å². The van der Waals surface area contributed by atoms with E-state index in [1.807, 2.05) is 37.3 Å². The maximum Gasteiger partial charge on any atom is 0.332 e. The Kier molecular flexibility index (Phi) is 7.29. The van der Waals surface area contributed by atoms with Crippen LogP contribution in [0.2, 0.25) is 5.02 Å². The number of benzene rings is 1. The number of rotatable bonds is 6. The fourth-order valence-corrected chi connectivity index (χ4v) is 4.23. The summed E-state index contributed by atoms with van der Waals surface area (Å²) < 4.78 is 8.81. The molecule has 3 heterocycles. The molecule has 0 spiro atoms. The maximum atomic E-state index is 13.2. The van der Waals surface area contributed by atoms with Crippen molar-refractivity contribution in [2.24, 2.45) is 18.0 Å². The fraction of sp³-hybridized carbons (Fsp3) is 0.360. The van der Waals surface area contributed by atoms with Crippen molar-refractivity contribution in [2.75, 3.05) is 6.61 Å². The van der Waals surface area contributed by atoms with Gasteiger partial charge >= 0.3 is 5.69 Å². The van der Waals surface area contributed by atoms with E-state index in [9.17, 15) is 14.7 Å². The van der Waals surface area contributed by atoms with Crippen LogP contribution in [0.25, 0.3) is 0 Å². The molecule has 0 fully saturated rings. The van der Waals surface area contributed by atoms with E-state index in [4.69, 9.17) is 21.3 Å². The highest BCUT2D eigenvalue weighted by atomic mass is 35.5. The number of hydrogen-bond acceptors (Lipinski definition) is 6. The number of fused-ring (bicyclic) bond motifs is 1. The number of aliphatic imine (C=N–C) groups is 1. The first-order valence-corrected chi connectivity index (χ1v) is 11.6. The summed E-state index contributed by atoms with van der Waals surface area (Å²) >= 11 is 6.00. The molecular formula is C25H27ClN4O4. The molecule has 8 nitrogen and oxygen atoms in total. The summed E-state index contributed by atoms with van der Waals surface area (Å²) in [5.41, 5.74) is 1.51. The lowest BCUT2D eigenvalue weighted by Gasteiger charge is -2.18. The fourth-order valence-electron chi connectivity index (χ4n) is 4.12. The summed E-state index contributed by atoms with van der Waals surface area (Å²) in [6.07, 6.45) is 3.50. The van der Waals surface area contributed by atoms with Crippen molar-refractivity contribution in [3.63, 3.8) is 0 Å². The van der Waals surface area contributed by atoms with E-state index in [1.54, 1.807) is 19.3 Å². The molecule has 0 saturated carbocycles. The van der Waals surface area contributed by atoms with Crippen molar-refractivity contribution in [1.29, 1.82) is 0 Å². The van der Waals surface area contributed by atoms with Crippen LogP contribution in [0.5, 0.6) is 5.75 Å². The van der Waals surface area contributed by atoms with Crippen LogP contribution in [0, 0.1) is 12.8 Å². The second-order valence-corrected chi connectivity index (χ2v) is 8.89. The van der Waals surface area contributed by atoms with E-state index in [2.05, 4.69) is 4.98 Å². The molecule has 0 amide bonds. The van der Waals surface area contributed by atoms with Crippen LogP contribution in [0.15, 0.2) is 57.2 Å². The molecular weight excluding hydrogens is 456 g/mol. The summed E-state index contributed by atoms with van der Waals surface area (Å²) in [4.78, 5) is 35.3. The van der Waals surface area contributed by atoms with Gasteiger partial charge in [0.2, 0.25) is 0 Å². The second-order valence-electron chi connectivity index (χ2n) is 8.45. The van der Waals surface area contributed by atoms with E-state index in [1.165, 1.54) is 9.13 Å². The van der Waals surface area contributed by atoms with E-state index in [-0.39, 0.29) is 24.6 Å². The predicted molar refractivity (Wildman–Crippen MR) is 131 cm³/mol. The third kappa shape index (κ3) is 5.13. The van der Waals surface area contributed by atoms with Crippen LogP contribution in [-0.2, 0) is 26.4 Å². The van der Waals surface area contributed by atoms with Crippen molar-refractivity contribution in [1.82, 2.24) is 14.1 Å². The normalized spacial score (nSPS) is 15.4. The molecule has 1 aliphatic heterocycles. The van der Waals surface area contributed by atoms with E-state index in [0.717, 1.165) is 11.3 Å². The molecule has 1 N–H and O–H groups in total. The molecule has 0 bridgehead atoms. The lowest BCUT2D eigenvalue weighted by Crippen LogP contribution is -2.41. The van der Waals surface area contributed by atoms with Crippen molar-refractivity contribution in [3.05, 3.63) is 85.3 Å². The molecule has 9 heteroatoms. The Morgan fingerprint density at radius 3 is 2.76 bits per heavy atom. The molecule has 178 valence electrons. The van der Waals surface area contributed by atoms with Crippen molar-refractivity contribution in [2.45, 2.75) is 39.2 Å². The molecule has 2 aromatic heterocycles. The van der Waals surface area contributed by atoms with Gasteiger partial charge in [0, 0.05) is 44.4 Å². The first-order valence-electron chi connectivity index (χ1n) is 11.2. The molecule has 3 aromatic rings. The molecule has 1 unspecified atom stereocenters. The van der Waals surface area contributed by atoms with Gasteiger partial charge in [-0.2, -0.15) is 4.99 Å². The van der Waals surface area contributed by atoms with Crippen LogP contribution in [0.1, 0.15) is 29.7 Å². The maximum absolute atomic E-state index is 13.2. The van der Waals surface area contributed by atoms with Crippen molar-refractivity contribution in [3.8, 4) is 5.75 Å².